The molecule has 16 heavy (non-hydrogen) atoms. The average Bonchev–Trinajstić information content (AvgIpc) is 2.11. The summed E-state index contributed by atoms with van der Waals surface area (Å²) >= 11 is 5.95. The van der Waals surface area contributed by atoms with Gasteiger partial charge >= 0.3 is 0 Å². The van der Waals surface area contributed by atoms with Crippen molar-refractivity contribution < 1.29 is 18.1 Å². The molecule has 0 aromatic carbocycles. The van der Waals surface area contributed by atoms with Crippen molar-refractivity contribution in [2.24, 2.45) is 5.41 Å². The topological polar surface area (TPSA) is 74.6 Å². The molecule has 0 spiro atoms. The Kier molecular flexibility index (Phi) is 5.96. The van der Waals surface area contributed by atoms with Crippen LogP contribution in [0.5, 0.6) is 0 Å². The largest absolute Gasteiger partial charge is 0.388 e. The van der Waals surface area contributed by atoms with Crippen LogP contribution in [0.1, 0.15) is 26.7 Å². The lowest BCUT2D eigenvalue weighted by molar-refractivity contribution is 0.0827. The molecular formula is C10H19ClO4S. The van der Waals surface area contributed by atoms with Gasteiger partial charge in [-0.3, -0.25) is 4.55 Å². The maximum Gasteiger partial charge on any atom is 0.264 e. The Morgan fingerprint density at radius 2 is 2.00 bits per heavy atom. The molecule has 0 fully saturated rings. The lowest BCUT2D eigenvalue weighted by Crippen LogP contribution is -2.30. The maximum absolute atomic E-state index is 10.5. The van der Waals surface area contributed by atoms with Gasteiger partial charge in [0, 0.05) is 5.38 Å². The number of aliphatic hydroxyl groups is 1. The van der Waals surface area contributed by atoms with Gasteiger partial charge in [-0.05, 0) is 18.3 Å². The second kappa shape index (κ2) is 6.00. The van der Waals surface area contributed by atoms with Crippen molar-refractivity contribution in [1.82, 2.24) is 0 Å². The lowest BCUT2D eigenvalue weighted by Gasteiger charge is -2.30. The third kappa shape index (κ3) is 6.48. The van der Waals surface area contributed by atoms with E-state index >= 15 is 0 Å². The summed E-state index contributed by atoms with van der Waals surface area (Å²) in [7, 11) is -3.97. The zero-order valence-electron chi connectivity index (χ0n) is 9.56. The number of rotatable bonds is 7. The molecule has 0 saturated carbocycles. The van der Waals surface area contributed by atoms with E-state index in [-0.39, 0.29) is 12.2 Å². The molecule has 1 unspecified atom stereocenters. The first-order valence-corrected chi connectivity index (χ1v) is 7.03. The molecule has 96 valence electrons. The zero-order valence-corrected chi connectivity index (χ0v) is 11.1. The molecule has 2 N–H and O–H groups in total. The van der Waals surface area contributed by atoms with Gasteiger partial charge < -0.3 is 5.11 Å². The van der Waals surface area contributed by atoms with Gasteiger partial charge in [0.1, 0.15) is 0 Å². The second-order valence-electron chi connectivity index (χ2n) is 4.55. The van der Waals surface area contributed by atoms with Gasteiger partial charge in [0.25, 0.3) is 10.1 Å². The van der Waals surface area contributed by atoms with Crippen LogP contribution in [0.3, 0.4) is 0 Å². The van der Waals surface area contributed by atoms with Gasteiger partial charge in [0.2, 0.25) is 0 Å². The van der Waals surface area contributed by atoms with Crippen LogP contribution in [0.4, 0.5) is 0 Å². The summed E-state index contributed by atoms with van der Waals surface area (Å²) in [6.07, 6.45) is 1.33. The van der Waals surface area contributed by atoms with Gasteiger partial charge in [0.05, 0.1) is 11.9 Å². The third-order valence-corrected chi connectivity index (χ3v) is 3.58. The van der Waals surface area contributed by atoms with E-state index in [2.05, 4.69) is 6.58 Å². The molecule has 0 saturated heterocycles. The number of aliphatic hydroxyl groups excluding tert-OH is 1. The molecular weight excluding hydrogens is 252 g/mol. The van der Waals surface area contributed by atoms with Gasteiger partial charge in [-0.25, -0.2) is 0 Å². The van der Waals surface area contributed by atoms with Crippen molar-refractivity contribution in [2.45, 2.75) is 38.2 Å². The molecule has 0 aliphatic heterocycles. The van der Waals surface area contributed by atoms with E-state index in [0.29, 0.717) is 6.42 Å². The van der Waals surface area contributed by atoms with Crippen LogP contribution in [-0.4, -0.2) is 35.3 Å². The summed E-state index contributed by atoms with van der Waals surface area (Å²) < 4.78 is 29.6. The van der Waals surface area contributed by atoms with Crippen LogP contribution < -0.4 is 0 Å². The zero-order chi connectivity index (χ0) is 13.0. The molecule has 0 aliphatic carbocycles. The fourth-order valence-electron chi connectivity index (χ4n) is 1.39. The van der Waals surface area contributed by atoms with E-state index in [0.717, 1.165) is 0 Å². The Morgan fingerprint density at radius 1 is 1.50 bits per heavy atom. The predicted molar refractivity (Wildman–Crippen MR) is 65.3 cm³/mol. The van der Waals surface area contributed by atoms with Gasteiger partial charge in [-0.1, -0.05) is 19.9 Å². The van der Waals surface area contributed by atoms with Gasteiger partial charge in [-0.15, -0.1) is 18.2 Å². The highest BCUT2D eigenvalue weighted by Gasteiger charge is 2.28. The Balaban J connectivity index is 4.23. The highest BCUT2D eigenvalue weighted by molar-refractivity contribution is 7.85. The van der Waals surface area contributed by atoms with Crippen molar-refractivity contribution in [3.8, 4) is 0 Å². The normalized spacial score (nSPS) is 16.8. The monoisotopic (exact) mass is 270 g/mol. The Labute approximate surface area is 102 Å². The highest BCUT2D eigenvalue weighted by atomic mass is 35.5. The maximum atomic E-state index is 10.5. The van der Waals surface area contributed by atoms with Crippen LogP contribution in [0.25, 0.3) is 0 Å². The van der Waals surface area contributed by atoms with Crippen molar-refractivity contribution in [3.05, 3.63) is 12.7 Å². The first kappa shape index (κ1) is 15.9. The highest BCUT2D eigenvalue weighted by Crippen LogP contribution is 2.30. The number of alkyl halides is 1. The Bertz CT molecular complexity index is 324. The van der Waals surface area contributed by atoms with E-state index in [9.17, 15) is 13.5 Å². The number of hydrogen-bond donors (Lipinski definition) is 2. The second-order valence-corrected chi connectivity index (χ2v) is 6.73. The summed E-state index contributed by atoms with van der Waals surface area (Å²) in [4.78, 5) is 0. The standard InChI is InChI=1S/C10H19ClO4S/c1-4-9(12)10(2,3)7-8(11)5-6-16(13,14)15/h4,8-9,12H,1,5-7H2,2-3H3,(H,13,14,15)/t8?,9-/m0/s1. The molecule has 0 aromatic rings. The molecule has 0 bridgehead atoms. The SMILES string of the molecule is C=C[C@H](O)C(C)(C)CC(Cl)CCS(=O)(=O)O. The molecule has 0 heterocycles. The van der Waals surface area contributed by atoms with E-state index in [4.69, 9.17) is 16.2 Å². The molecule has 4 nitrogen and oxygen atoms in total. The van der Waals surface area contributed by atoms with Crippen LogP contribution >= 0.6 is 11.6 Å². The van der Waals surface area contributed by atoms with Crippen LogP contribution in [0.15, 0.2) is 12.7 Å². The Morgan fingerprint density at radius 3 is 2.38 bits per heavy atom. The predicted octanol–water partition coefficient (Wildman–Crippen LogP) is 1.83. The Hall–Kier alpha value is -0.100. The minimum Gasteiger partial charge on any atom is -0.388 e. The average molecular weight is 271 g/mol. The summed E-state index contributed by atoms with van der Waals surface area (Å²) in [5.74, 6) is -0.360. The minimum atomic E-state index is -3.97. The first-order chi connectivity index (χ1) is 7.08. The smallest absolute Gasteiger partial charge is 0.264 e. The van der Waals surface area contributed by atoms with E-state index in [1.54, 1.807) is 0 Å². The van der Waals surface area contributed by atoms with E-state index in [1.165, 1.54) is 6.08 Å². The fourth-order valence-corrected chi connectivity index (χ4v) is 2.61. The van der Waals surface area contributed by atoms with Crippen LogP contribution in [0, 0.1) is 5.41 Å². The van der Waals surface area contributed by atoms with Crippen LogP contribution in [-0.2, 0) is 10.1 Å². The molecule has 0 aliphatic rings. The minimum absolute atomic E-state index is 0.160. The molecule has 2 atom stereocenters. The fraction of sp³-hybridized carbons (Fsp3) is 0.800. The molecule has 0 aromatic heterocycles. The number of hydrogen-bond acceptors (Lipinski definition) is 3. The van der Waals surface area contributed by atoms with Crippen molar-refractivity contribution in [1.29, 1.82) is 0 Å². The molecule has 6 heteroatoms. The summed E-state index contributed by atoms with van der Waals surface area (Å²) in [6, 6.07) is 0. The van der Waals surface area contributed by atoms with Gasteiger partial charge in [-0.2, -0.15) is 8.42 Å². The third-order valence-electron chi connectivity index (χ3n) is 2.46. The van der Waals surface area contributed by atoms with E-state index in [1.807, 2.05) is 13.8 Å². The number of halogens is 1. The van der Waals surface area contributed by atoms with Crippen molar-refractivity contribution in [2.75, 3.05) is 5.75 Å². The molecule has 0 amide bonds. The molecule has 0 radical (unpaired) electrons. The quantitative estimate of drug-likeness (QED) is 0.420. The molecule has 0 rings (SSSR count). The summed E-state index contributed by atoms with van der Waals surface area (Å²) in [6.45, 7) is 7.13. The van der Waals surface area contributed by atoms with Crippen LogP contribution in [0.2, 0.25) is 0 Å². The van der Waals surface area contributed by atoms with E-state index < -0.39 is 27.0 Å². The summed E-state index contributed by atoms with van der Waals surface area (Å²) in [5, 5.41) is 9.21. The lowest BCUT2D eigenvalue weighted by atomic mass is 9.81. The first-order valence-electron chi connectivity index (χ1n) is 4.98. The van der Waals surface area contributed by atoms with Gasteiger partial charge in [0.15, 0.2) is 0 Å². The van der Waals surface area contributed by atoms with Crippen molar-refractivity contribution >= 4 is 21.7 Å². The van der Waals surface area contributed by atoms with Crippen molar-refractivity contribution in [3.63, 3.8) is 0 Å². The summed E-state index contributed by atoms with van der Waals surface area (Å²) in [5.41, 5.74) is -0.465.